The fraction of sp³-hybridized carbons (Fsp3) is 0.833. The summed E-state index contributed by atoms with van der Waals surface area (Å²) in [5.41, 5.74) is -0.934. The molecule has 0 spiro atoms. The van der Waals surface area contributed by atoms with Crippen molar-refractivity contribution < 1.29 is 37.3 Å². The molecular weight excluding hydrogens is 295 g/mol. The number of rotatable bonds is 1. The predicted molar refractivity (Wildman–Crippen MR) is 62.6 cm³/mol. The van der Waals surface area contributed by atoms with Gasteiger partial charge in [-0.2, -0.15) is 13.2 Å². The van der Waals surface area contributed by atoms with Crippen molar-refractivity contribution in [3.8, 4) is 0 Å². The lowest BCUT2D eigenvalue weighted by Gasteiger charge is -2.34. The number of ether oxygens (including phenoxy) is 2. The number of hydrogen-bond acceptors (Lipinski definition) is 4. The molecule has 1 N–H and O–H groups in total. The third-order valence-electron chi connectivity index (χ3n) is 3.29. The molecule has 0 bridgehead atoms. The Morgan fingerprint density at radius 3 is 2.29 bits per heavy atom. The van der Waals surface area contributed by atoms with Crippen LogP contribution < -0.4 is 0 Å². The van der Waals surface area contributed by atoms with E-state index in [0.717, 1.165) is 0 Å². The number of aliphatic carboxylic acids is 1. The Bertz CT molecular complexity index is 459. The maximum absolute atomic E-state index is 12.8. The molecule has 4 atom stereocenters. The van der Waals surface area contributed by atoms with Gasteiger partial charge in [-0.1, -0.05) is 0 Å². The van der Waals surface area contributed by atoms with Crippen LogP contribution in [0.25, 0.3) is 0 Å². The summed E-state index contributed by atoms with van der Waals surface area (Å²) < 4.78 is 48.5. The smallest absolute Gasteiger partial charge is 0.411 e. The molecule has 0 radical (unpaired) electrons. The highest BCUT2D eigenvalue weighted by atomic mass is 19.4. The van der Waals surface area contributed by atoms with Crippen LogP contribution in [0, 0.1) is 5.92 Å². The first-order valence-electron chi connectivity index (χ1n) is 6.36. The first-order valence-corrected chi connectivity index (χ1v) is 6.36. The van der Waals surface area contributed by atoms with Crippen LogP contribution in [0.2, 0.25) is 0 Å². The minimum Gasteiger partial charge on any atom is -0.480 e. The Hall–Kier alpha value is -1.51. The standard InChI is InChI=1S/C12H16F3NO5/c1-11(2,3)21-10(19)16-5(9(17)18)4-20-8-6(7(8)16)12(13,14)15/h5-8H,4H2,1-3H3,(H,17,18)/t5-,6-,7-,8-/m0/s1. The van der Waals surface area contributed by atoms with E-state index in [1.54, 1.807) is 20.8 Å². The summed E-state index contributed by atoms with van der Waals surface area (Å²) >= 11 is 0. The molecule has 0 aromatic heterocycles. The van der Waals surface area contributed by atoms with Gasteiger partial charge in [0.25, 0.3) is 0 Å². The third kappa shape index (κ3) is 3.07. The van der Waals surface area contributed by atoms with Gasteiger partial charge in [0.05, 0.1) is 18.8 Å². The quantitative estimate of drug-likeness (QED) is 0.796. The Kier molecular flexibility index (Phi) is 3.59. The van der Waals surface area contributed by atoms with E-state index in [1.807, 2.05) is 0 Å². The van der Waals surface area contributed by atoms with E-state index in [0.29, 0.717) is 4.90 Å². The summed E-state index contributed by atoms with van der Waals surface area (Å²) in [5.74, 6) is -3.29. The number of fused-ring (bicyclic) bond motifs is 1. The second kappa shape index (κ2) is 4.75. The zero-order valence-corrected chi connectivity index (χ0v) is 11.7. The molecule has 1 heterocycles. The third-order valence-corrected chi connectivity index (χ3v) is 3.29. The molecule has 0 aromatic rings. The molecule has 2 aliphatic rings. The molecule has 0 aromatic carbocycles. The van der Waals surface area contributed by atoms with Gasteiger partial charge in [0.1, 0.15) is 11.5 Å². The molecule has 120 valence electrons. The number of carbonyl (C=O) groups is 2. The SMILES string of the molecule is CC(C)(C)OC(=O)N1[C@@H]2[C@@H](OC[C@H]1C(=O)O)[C@H]2C(F)(F)F. The molecule has 1 amide bonds. The van der Waals surface area contributed by atoms with E-state index in [-0.39, 0.29) is 0 Å². The summed E-state index contributed by atoms with van der Waals surface area (Å²) in [5, 5.41) is 9.07. The number of morpholine rings is 1. The maximum Gasteiger partial charge on any atom is 0.411 e. The van der Waals surface area contributed by atoms with Crippen molar-refractivity contribution in [2.24, 2.45) is 5.92 Å². The summed E-state index contributed by atoms with van der Waals surface area (Å²) in [6.45, 7) is 4.16. The lowest BCUT2D eigenvalue weighted by Crippen LogP contribution is -2.54. The first kappa shape index (κ1) is 15.9. The Labute approximate surface area is 118 Å². The number of halogens is 3. The van der Waals surface area contributed by atoms with Gasteiger partial charge in [-0.25, -0.2) is 9.59 Å². The van der Waals surface area contributed by atoms with Crippen LogP contribution in [0.5, 0.6) is 0 Å². The second-order valence-electron chi connectivity index (χ2n) is 6.10. The van der Waals surface area contributed by atoms with E-state index in [1.165, 1.54) is 0 Å². The number of hydrogen-bond donors (Lipinski definition) is 1. The molecule has 6 nitrogen and oxygen atoms in total. The van der Waals surface area contributed by atoms with Gasteiger partial charge in [0.15, 0.2) is 6.04 Å². The lowest BCUT2D eigenvalue weighted by atomic mass is 10.2. The fourth-order valence-corrected chi connectivity index (χ4v) is 2.43. The number of amides is 1. The van der Waals surface area contributed by atoms with Crippen LogP contribution in [0.15, 0.2) is 0 Å². The minimum absolute atomic E-state index is 0.484. The Balaban J connectivity index is 2.23. The molecule has 2 rings (SSSR count). The number of carboxylic acids is 1. The zero-order valence-electron chi connectivity index (χ0n) is 11.7. The fourth-order valence-electron chi connectivity index (χ4n) is 2.43. The van der Waals surface area contributed by atoms with E-state index >= 15 is 0 Å². The van der Waals surface area contributed by atoms with Crippen LogP contribution in [0.1, 0.15) is 20.8 Å². The highest BCUT2D eigenvalue weighted by molar-refractivity contribution is 5.81. The Morgan fingerprint density at radius 1 is 1.29 bits per heavy atom. The molecule has 1 aliphatic heterocycles. The van der Waals surface area contributed by atoms with Gasteiger partial charge in [-0.3, -0.25) is 4.90 Å². The van der Waals surface area contributed by atoms with Crippen molar-refractivity contribution in [3.63, 3.8) is 0 Å². The van der Waals surface area contributed by atoms with Crippen LogP contribution in [0.4, 0.5) is 18.0 Å². The largest absolute Gasteiger partial charge is 0.480 e. The summed E-state index contributed by atoms with van der Waals surface area (Å²) in [6.07, 6.45) is -6.84. The Morgan fingerprint density at radius 2 is 1.86 bits per heavy atom. The van der Waals surface area contributed by atoms with Crippen LogP contribution >= 0.6 is 0 Å². The van der Waals surface area contributed by atoms with Crippen molar-refractivity contribution in [1.29, 1.82) is 0 Å². The monoisotopic (exact) mass is 311 g/mol. The topological polar surface area (TPSA) is 76.1 Å². The zero-order chi connectivity index (χ0) is 16.2. The molecule has 9 heteroatoms. The summed E-state index contributed by atoms with van der Waals surface area (Å²) in [6, 6.07) is -2.82. The molecule has 1 saturated carbocycles. The molecule has 2 fully saturated rings. The van der Waals surface area contributed by atoms with Gasteiger partial charge in [0, 0.05) is 0 Å². The molecule has 0 unspecified atom stereocenters. The number of alkyl halides is 3. The van der Waals surface area contributed by atoms with Gasteiger partial charge in [-0.05, 0) is 20.8 Å². The average molecular weight is 311 g/mol. The normalized spacial score (nSPS) is 32.4. The van der Waals surface area contributed by atoms with Crippen molar-refractivity contribution in [3.05, 3.63) is 0 Å². The van der Waals surface area contributed by atoms with Crippen molar-refractivity contribution in [2.75, 3.05) is 6.61 Å². The highest BCUT2D eigenvalue weighted by Crippen LogP contribution is 2.52. The van der Waals surface area contributed by atoms with E-state index in [9.17, 15) is 22.8 Å². The van der Waals surface area contributed by atoms with Crippen molar-refractivity contribution >= 4 is 12.1 Å². The molecule has 1 saturated heterocycles. The number of nitrogens with zero attached hydrogens (tertiary/aromatic N) is 1. The molecule has 21 heavy (non-hydrogen) atoms. The van der Waals surface area contributed by atoms with E-state index in [2.05, 4.69) is 0 Å². The molecular formula is C12H16F3NO5. The maximum atomic E-state index is 12.8. The van der Waals surface area contributed by atoms with Gasteiger partial charge >= 0.3 is 18.2 Å². The lowest BCUT2D eigenvalue weighted by molar-refractivity contribution is -0.157. The van der Waals surface area contributed by atoms with E-state index < -0.39 is 54.6 Å². The van der Waals surface area contributed by atoms with Crippen LogP contribution in [-0.2, 0) is 14.3 Å². The van der Waals surface area contributed by atoms with Crippen molar-refractivity contribution in [2.45, 2.75) is 50.7 Å². The molecule has 1 aliphatic carbocycles. The van der Waals surface area contributed by atoms with Gasteiger partial charge in [0.2, 0.25) is 0 Å². The first-order chi connectivity index (χ1) is 9.43. The summed E-state index contributed by atoms with van der Waals surface area (Å²) in [4.78, 5) is 23.9. The van der Waals surface area contributed by atoms with Crippen LogP contribution in [-0.4, -0.2) is 58.6 Å². The number of carboxylic acid groups (broad SMARTS) is 1. The van der Waals surface area contributed by atoms with Gasteiger partial charge in [-0.15, -0.1) is 0 Å². The minimum atomic E-state index is -4.55. The van der Waals surface area contributed by atoms with Gasteiger partial charge < -0.3 is 14.6 Å². The van der Waals surface area contributed by atoms with E-state index in [4.69, 9.17) is 14.6 Å². The average Bonchev–Trinajstić information content (AvgIpc) is 2.97. The van der Waals surface area contributed by atoms with Crippen molar-refractivity contribution in [1.82, 2.24) is 4.90 Å². The highest BCUT2D eigenvalue weighted by Gasteiger charge is 2.72. The predicted octanol–water partition coefficient (Wildman–Crippen LogP) is 1.64. The second-order valence-corrected chi connectivity index (χ2v) is 6.10. The summed E-state index contributed by atoms with van der Waals surface area (Å²) in [7, 11) is 0. The van der Waals surface area contributed by atoms with Crippen LogP contribution in [0.3, 0.4) is 0 Å². The number of carbonyl (C=O) groups excluding carboxylic acids is 1.